The molecule has 2 amide bonds. The first-order valence-electron chi connectivity index (χ1n) is 9.21. The third-order valence-corrected chi connectivity index (χ3v) is 4.89. The minimum atomic E-state index is -0.584. The first kappa shape index (κ1) is 18.7. The number of hydrogen-bond donors (Lipinski definition) is 1. The van der Waals surface area contributed by atoms with Crippen LogP contribution in [0.25, 0.3) is 0 Å². The van der Waals surface area contributed by atoms with Crippen LogP contribution in [-0.2, 0) is 22.5 Å². The van der Waals surface area contributed by atoms with Gasteiger partial charge in [0.15, 0.2) is 0 Å². The number of hydrogen-bond acceptors (Lipinski definition) is 4. The summed E-state index contributed by atoms with van der Waals surface area (Å²) in [5.74, 6) is -0.0675. The predicted molar refractivity (Wildman–Crippen MR) is 101 cm³/mol. The van der Waals surface area contributed by atoms with Crippen molar-refractivity contribution in [3.8, 4) is 0 Å². The molecule has 2 aliphatic heterocycles. The van der Waals surface area contributed by atoms with E-state index in [-0.39, 0.29) is 12.5 Å². The van der Waals surface area contributed by atoms with E-state index in [4.69, 9.17) is 4.74 Å². The molecule has 1 aromatic carbocycles. The quantitative estimate of drug-likeness (QED) is 0.837. The van der Waals surface area contributed by atoms with E-state index >= 15 is 0 Å². The van der Waals surface area contributed by atoms with E-state index in [0.717, 1.165) is 25.2 Å². The molecule has 26 heavy (non-hydrogen) atoms. The van der Waals surface area contributed by atoms with Crippen LogP contribution in [0.5, 0.6) is 0 Å². The highest BCUT2D eigenvalue weighted by Crippen LogP contribution is 2.32. The van der Waals surface area contributed by atoms with Gasteiger partial charge in [-0.2, -0.15) is 0 Å². The van der Waals surface area contributed by atoms with Gasteiger partial charge in [-0.15, -0.1) is 0 Å². The Labute approximate surface area is 155 Å². The maximum Gasteiger partial charge on any atom is 0.411 e. The minimum absolute atomic E-state index is 0.0316. The number of rotatable bonds is 1. The maximum absolute atomic E-state index is 12.9. The smallest absolute Gasteiger partial charge is 0.411 e. The van der Waals surface area contributed by atoms with Crippen molar-refractivity contribution in [1.82, 2.24) is 10.2 Å². The Morgan fingerprint density at radius 2 is 2.00 bits per heavy atom. The number of anilines is 1. The fourth-order valence-corrected chi connectivity index (χ4v) is 3.61. The zero-order valence-electron chi connectivity index (χ0n) is 16.4. The Kier molecular flexibility index (Phi) is 4.73. The Balaban J connectivity index is 1.86. The van der Waals surface area contributed by atoms with Crippen molar-refractivity contribution in [1.29, 1.82) is 0 Å². The highest BCUT2D eigenvalue weighted by Gasteiger charge is 2.43. The number of carbonyl (C=O) groups excluding carboxylic acids is 2. The Hall–Kier alpha value is -2.08. The van der Waals surface area contributed by atoms with Crippen molar-refractivity contribution in [2.75, 3.05) is 24.5 Å². The number of piperazine rings is 1. The maximum atomic E-state index is 12.9. The third kappa shape index (κ3) is 3.70. The molecule has 0 bridgehead atoms. The molecule has 1 aromatic rings. The van der Waals surface area contributed by atoms with Crippen LogP contribution < -0.4 is 10.2 Å². The molecule has 0 atom stereocenters. The SMILES string of the molecule is CC(C)(C)OC(=O)N1CC(=O)N(c2cccc3c2CCNC3)CC1(C)C. The molecule has 3 rings (SSSR count). The zero-order chi connectivity index (χ0) is 19.1. The molecule has 2 heterocycles. The van der Waals surface area contributed by atoms with E-state index in [0.29, 0.717) is 6.54 Å². The summed E-state index contributed by atoms with van der Waals surface area (Å²) >= 11 is 0. The van der Waals surface area contributed by atoms with Gasteiger partial charge in [0.25, 0.3) is 0 Å². The third-order valence-electron chi connectivity index (χ3n) is 4.89. The monoisotopic (exact) mass is 359 g/mol. The summed E-state index contributed by atoms with van der Waals surface area (Å²) in [5.41, 5.74) is 2.37. The molecule has 0 spiro atoms. The molecular weight excluding hydrogens is 330 g/mol. The van der Waals surface area contributed by atoms with E-state index in [1.165, 1.54) is 11.1 Å². The van der Waals surface area contributed by atoms with Gasteiger partial charge in [-0.25, -0.2) is 4.79 Å². The van der Waals surface area contributed by atoms with Crippen LogP contribution in [0.15, 0.2) is 18.2 Å². The normalized spacial score (nSPS) is 20.0. The predicted octanol–water partition coefficient (Wildman–Crippen LogP) is 2.69. The molecule has 1 fully saturated rings. The molecule has 0 radical (unpaired) electrons. The van der Waals surface area contributed by atoms with Gasteiger partial charge in [0.05, 0.1) is 5.54 Å². The second-order valence-corrected chi connectivity index (χ2v) is 8.70. The lowest BCUT2D eigenvalue weighted by Gasteiger charge is -2.47. The first-order chi connectivity index (χ1) is 12.1. The van der Waals surface area contributed by atoms with Gasteiger partial charge in [-0.05, 0) is 64.8 Å². The first-order valence-corrected chi connectivity index (χ1v) is 9.21. The van der Waals surface area contributed by atoms with Crippen LogP contribution in [0, 0.1) is 0 Å². The summed E-state index contributed by atoms with van der Waals surface area (Å²) in [5, 5.41) is 3.37. The standard InChI is InChI=1S/C20H29N3O3/c1-19(2,3)26-18(25)23-12-17(24)22(13-20(23,4)5)16-8-6-7-14-11-21-10-9-15(14)16/h6-8,21H,9-13H2,1-5H3. The summed E-state index contributed by atoms with van der Waals surface area (Å²) in [7, 11) is 0. The highest BCUT2D eigenvalue weighted by atomic mass is 16.6. The lowest BCUT2D eigenvalue weighted by Crippen LogP contribution is -2.64. The van der Waals surface area contributed by atoms with Gasteiger partial charge in [0.2, 0.25) is 5.91 Å². The molecule has 0 aliphatic carbocycles. The van der Waals surface area contributed by atoms with E-state index in [1.807, 2.05) is 51.7 Å². The molecule has 0 saturated carbocycles. The molecule has 6 heteroatoms. The van der Waals surface area contributed by atoms with Crippen molar-refractivity contribution in [3.63, 3.8) is 0 Å². The average Bonchev–Trinajstić information content (AvgIpc) is 2.54. The number of nitrogens with zero attached hydrogens (tertiary/aromatic N) is 2. The van der Waals surface area contributed by atoms with Crippen LogP contribution >= 0.6 is 0 Å². The van der Waals surface area contributed by atoms with E-state index in [2.05, 4.69) is 11.4 Å². The summed E-state index contributed by atoms with van der Waals surface area (Å²) in [6.07, 6.45) is 0.473. The number of amides is 2. The molecule has 1 saturated heterocycles. The van der Waals surface area contributed by atoms with Crippen LogP contribution in [0.3, 0.4) is 0 Å². The number of ether oxygens (including phenoxy) is 1. The fraction of sp³-hybridized carbons (Fsp3) is 0.600. The molecule has 0 unspecified atom stereocenters. The van der Waals surface area contributed by atoms with E-state index < -0.39 is 17.2 Å². The lowest BCUT2D eigenvalue weighted by molar-refractivity contribution is -0.124. The van der Waals surface area contributed by atoms with Gasteiger partial charge >= 0.3 is 6.09 Å². The Morgan fingerprint density at radius 3 is 2.69 bits per heavy atom. The molecule has 1 N–H and O–H groups in total. The largest absolute Gasteiger partial charge is 0.444 e. The number of carbonyl (C=O) groups is 2. The van der Waals surface area contributed by atoms with Crippen LogP contribution in [-0.4, -0.2) is 47.7 Å². The zero-order valence-corrected chi connectivity index (χ0v) is 16.4. The lowest BCUT2D eigenvalue weighted by atomic mass is 9.94. The average molecular weight is 359 g/mol. The van der Waals surface area contributed by atoms with Crippen molar-refractivity contribution in [3.05, 3.63) is 29.3 Å². The van der Waals surface area contributed by atoms with Gasteiger partial charge < -0.3 is 15.0 Å². The van der Waals surface area contributed by atoms with Crippen molar-refractivity contribution >= 4 is 17.7 Å². The minimum Gasteiger partial charge on any atom is -0.444 e. The van der Waals surface area contributed by atoms with E-state index in [1.54, 1.807) is 4.90 Å². The molecule has 6 nitrogen and oxygen atoms in total. The highest BCUT2D eigenvalue weighted by molar-refractivity contribution is 5.98. The van der Waals surface area contributed by atoms with Gasteiger partial charge in [0.1, 0.15) is 12.1 Å². The molecule has 2 aliphatic rings. The summed E-state index contributed by atoms with van der Waals surface area (Å²) in [4.78, 5) is 28.9. The van der Waals surface area contributed by atoms with E-state index in [9.17, 15) is 9.59 Å². The fourth-order valence-electron chi connectivity index (χ4n) is 3.61. The van der Waals surface area contributed by atoms with Crippen LogP contribution in [0.4, 0.5) is 10.5 Å². The summed E-state index contributed by atoms with van der Waals surface area (Å²) in [6.45, 7) is 11.7. The molecular formula is C20H29N3O3. The van der Waals surface area contributed by atoms with Crippen molar-refractivity contribution < 1.29 is 14.3 Å². The Bertz CT molecular complexity index is 722. The second kappa shape index (κ2) is 6.58. The van der Waals surface area contributed by atoms with Crippen LogP contribution in [0.2, 0.25) is 0 Å². The molecule has 142 valence electrons. The van der Waals surface area contributed by atoms with Gasteiger partial charge in [-0.1, -0.05) is 12.1 Å². The number of nitrogens with one attached hydrogen (secondary N) is 1. The van der Waals surface area contributed by atoms with Crippen molar-refractivity contribution in [2.45, 2.75) is 58.7 Å². The summed E-state index contributed by atoms with van der Waals surface area (Å²) < 4.78 is 5.50. The number of benzene rings is 1. The van der Waals surface area contributed by atoms with Gasteiger partial charge in [0, 0.05) is 18.8 Å². The molecule has 0 aromatic heterocycles. The van der Waals surface area contributed by atoms with Crippen molar-refractivity contribution in [2.24, 2.45) is 0 Å². The van der Waals surface area contributed by atoms with Gasteiger partial charge in [-0.3, -0.25) is 9.69 Å². The second-order valence-electron chi connectivity index (χ2n) is 8.70. The summed E-state index contributed by atoms with van der Waals surface area (Å²) in [6, 6.07) is 6.13. The number of fused-ring (bicyclic) bond motifs is 1. The topological polar surface area (TPSA) is 61.9 Å². The Morgan fingerprint density at radius 1 is 1.27 bits per heavy atom. The van der Waals surface area contributed by atoms with Crippen LogP contribution in [0.1, 0.15) is 45.7 Å².